The number of nitrogens with one attached hydrogen (secondary N) is 2. The number of anilines is 2. The van der Waals surface area contributed by atoms with Gasteiger partial charge in [-0.1, -0.05) is 30.7 Å². The van der Waals surface area contributed by atoms with E-state index in [1.54, 1.807) is 6.07 Å². The minimum absolute atomic E-state index is 0.0389. The summed E-state index contributed by atoms with van der Waals surface area (Å²) >= 11 is 0. The Labute approximate surface area is 173 Å². The Morgan fingerprint density at radius 3 is 2.34 bits per heavy atom. The summed E-state index contributed by atoms with van der Waals surface area (Å²) in [6.45, 7) is 10.1. The molecule has 1 aliphatic rings. The fraction of sp³-hybridized carbons (Fsp3) is 0.417. The van der Waals surface area contributed by atoms with Crippen molar-refractivity contribution in [1.82, 2.24) is 4.90 Å². The molecule has 0 spiro atoms. The van der Waals surface area contributed by atoms with Gasteiger partial charge in [-0.05, 0) is 68.9 Å². The number of hydrogen-bond donors (Lipinski definition) is 2. The van der Waals surface area contributed by atoms with E-state index in [-0.39, 0.29) is 18.4 Å². The zero-order valence-corrected chi connectivity index (χ0v) is 17.8. The lowest BCUT2D eigenvalue weighted by molar-refractivity contribution is -0.114. The molecule has 1 fully saturated rings. The van der Waals surface area contributed by atoms with E-state index >= 15 is 0 Å². The molecular formula is C24H31N3O2. The number of piperidine rings is 1. The fourth-order valence-corrected chi connectivity index (χ4v) is 3.96. The maximum Gasteiger partial charge on any atom is 0.253 e. The molecule has 154 valence electrons. The molecule has 2 aromatic carbocycles. The predicted molar refractivity (Wildman–Crippen MR) is 119 cm³/mol. The maximum atomic E-state index is 12.8. The second-order valence-corrected chi connectivity index (χ2v) is 8.23. The number of likely N-dealkylation sites (tertiary alicyclic amines) is 1. The Hall–Kier alpha value is -2.82. The topological polar surface area (TPSA) is 61.4 Å². The Morgan fingerprint density at radius 2 is 1.69 bits per heavy atom. The number of carbonyl (C=O) groups is 2. The molecule has 0 bridgehead atoms. The smallest absolute Gasteiger partial charge is 0.253 e. The first kappa shape index (κ1) is 20.9. The van der Waals surface area contributed by atoms with Crippen molar-refractivity contribution < 1.29 is 9.59 Å². The van der Waals surface area contributed by atoms with Crippen LogP contribution in [0.4, 0.5) is 11.4 Å². The van der Waals surface area contributed by atoms with Crippen molar-refractivity contribution in [2.24, 2.45) is 5.92 Å². The molecule has 3 rings (SSSR count). The zero-order valence-electron chi connectivity index (χ0n) is 17.8. The van der Waals surface area contributed by atoms with Crippen LogP contribution in [0.2, 0.25) is 0 Å². The summed E-state index contributed by atoms with van der Waals surface area (Å²) in [5.74, 6) is 0.579. The molecule has 1 aliphatic heterocycles. The third-order valence-electron chi connectivity index (χ3n) is 5.57. The lowest BCUT2D eigenvalue weighted by Crippen LogP contribution is -2.37. The highest BCUT2D eigenvalue weighted by atomic mass is 16.2. The van der Waals surface area contributed by atoms with Gasteiger partial charge >= 0.3 is 0 Å². The van der Waals surface area contributed by atoms with Crippen LogP contribution < -0.4 is 10.6 Å². The molecule has 5 nitrogen and oxygen atoms in total. The van der Waals surface area contributed by atoms with Gasteiger partial charge in [0, 0.05) is 30.0 Å². The first-order valence-electron chi connectivity index (χ1n) is 10.3. The zero-order chi connectivity index (χ0) is 21.0. The monoisotopic (exact) mass is 393 g/mol. The van der Waals surface area contributed by atoms with Gasteiger partial charge in [-0.25, -0.2) is 0 Å². The predicted octanol–water partition coefficient (Wildman–Crippen LogP) is 4.53. The molecule has 0 aromatic heterocycles. The lowest BCUT2D eigenvalue weighted by atomic mass is 9.98. The van der Waals surface area contributed by atoms with Gasteiger partial charge in [0.1, 0.15) is 0 Å². The quantitative estimate of drug-likeness (QED) is 0.784. The summed E-state index contributed by atoms with van der Waals surface area (Å²) in [6, 6.07) is 11.4. The van der Waals surface area contributed by atoms with Crippen LogP contribution in [0.1, 0.15) is 46.8 Å². The van der Waals surface area contributed by atoms with Crippen LogP contribution in [0.3, 0.4) is 0 Å². The second kappa shape index (κ2) is 9.12. The highest BCUT2D eigenvalue weighted by Crippen LogP contribution is 2.22. The van der Waals surface area contributed by atoms with Crippen LogP contribution in [0, 0.1) is 26.7 Å². The van der Waals surface area contributed by atoms with Crippen molar-refractivity contribution in [2.45, 2.75) is 40.5 Å². The first-order chi connectivity index (χ1) is 13.8. The van der Waals surface area contributed by atoms with Crippen LogP contribution in [0.15, 0.2) is 36.4 Å². The summed E-state index contributed by atoms with van der Waals surface area (Å²) in [6.07, 6.45) is 2.09. The standard InChI is InChI=1S/C24H31N3O2/c1-16-8-10-27(11-9-16)24(29)20-6-5-7-21(14-20)26-22(28)15-25-23-18(3)12-17(2)13-19(23)4/h5-7,12-14,16,25H,8-11,15H2,1-4H3,(H,26,28). The fourth-order valence-electron chi connectivity index (χ4n) is 3.96. The average molecular weight is 394 g/mol. The van der Waals surface area contributed by atoms with Gasteiger partial charge < -0.3 is 15.5 Å². The second-order valence-electron chi connectivity index (χ2n) is 8.23. The minimum Gasteiger partial charge on any atom is -0.376 e. The first-order valence-corrected chi connectivity index (χ1v) is 10.3. The third-order valence-corrected chi connectivity index (χ3v) is 5.57. The molecular weight excluding hydrogens is 362 g/mol. The van der Waals surface area contributed by atoms with E-state index in [0.717, 1.165) is 42.7 Å². The number of benzene rings is 2. The van der Waals surface area contributed by atoms with Crippen molar-refractivity contribution >= 4 is 23.2 Å². The van der Waals surface area contributed by atoms with Crippen LogP contribution >= 0.6 is 0 Å². The lowest BCUT2D eigenvalue weighted by Gasteiger charge is -2.30. The molecule has 2 N–H and O–H groups in total. The summed E-state index contributed by atoms with van der Waals surface area (Å²) in [5, 5.41) is 6.13. The molecule has 0 atom stereocenters. The van der Waals surface area contributed by atoms with E-state index in [9.17, 15) is 9.59 Å². The molecule has 5 heteroatoms. The van der Waals surface area contributed by atoms with Crippen molar-refractivity contribution in [3.63, 3.8) is 0 Å². The Balaban J connectivity index is 1.60. The van der Waals surface area contributed by atoms with E-state index in [4.69, 9.17) is 0 Å². The van der Waals surface area contributed by atoms with Gasteiger partial charge in [-0.2, -0.15) is 0 Å². The van der Waals surface area contributed by atoms with Crippen LogP contribution in [0.25, 0.3) is 0 Å². The minimum atomic E-state index is -0.138. The molecule has 0 radical (unpaired) electrons. The SMILES string of the molecule is Cc1cc(C)c(NCC(=O)Nc2cccc(C(=O)N3CCC(C)CC3)c2)c(C)c1. The van der Waals surface area contributed by atoms with E-state index < -0.39 is 0 Å². The van der Waals surface area contributed by atoms with Crippen LogP contribution in [-0.4, -0.2) is 36.3 Å². The summed E-state index contributed by atoms with van der Waals surface area (Å²) in [5.41, 5.74) is 5.71. The van der Waals surface area contributed by atoms with Gasteiger partial charge in [0.15, 0.2) is 0 Å². The third kappa shape index (κ3) is 5.37. The van der Waals surface area contributed by atoms with Crippen molar-refractivity contribution in [1.29, 1.82) is 0 Å². The van der Waals surface area contributed by atoms with Crippen molar-refractivity contribution in [3.05, 3.63) is 58.7 Å². The van der Waals surface area contributed by atoms with Gasteiger partial charge in [-0.15, -0.1) is 0 Å². The Morgan fingerprint density at radius 1 is 1.03 bits per heavy atom. The largest absolute Gasteiger partial charge is 0.376 e. The van der Waals surface area contributed by atoms with E-state index in [0.29, 0.717) is 17.2 Å². The van der Waals surface area contributed by atoms with Crippen LogP contribution in [0.5, 0.6) is 0 Å². The molecule has 29 heavy (non-hydrogen) atoms. The van der Waals surface area contributed by atoms with Crippen molar-refractivity contribution in [3.8, 4) is 0 Å². The highest BCUT2D eigenvalue weighted by molar-refractivity contribution is 5.98. The molecule has 2 amide bonds. The Bertz CT molecular complexity index is 876. The Kier molecular flexibility index (Phi) is 6.57. The number of rotatable bonds is 5. The van der Waals surface area contributed by atoms with Crippen molar-refractivity contribution in [2.75, 3.05) is 30.3 Å². The normalized spacial score (nSPS) is 14.6. The van der Waals surface area contributed by atoms with E-state index in [2.05, 4.69) is 36.6 Å². The van der Waals surface area contributed by atoms with Gasteiger partial charge in [0.05, 0.1) is 6.54 Å². The van der Waals surface area contributed by atoms with E-state index in [1.165, 1.54) is 5.56 Å². The molecule has 1 heterocycles. The number of aryl methyl sites for hydroxylation is 3. The maximum absolute atomic E-state index is 12.8. The summed E-state index contributed by atoms with van der Waals surface area (Å²) < 4.78 is 0. The molecule has 0 saturated carbocycles. The van der Waals surface area contributed by atoms with Gasteiger partial charge in [0.25, 0.3) is 5.91 Å². The molecule has 0 unspecified atom stereocenters. The number of carbonyl (C=O) groups excluding carboxylic acids is 2. The number of amides is 2. The van der Waals surface area contributed by atoms with Gasteiger partial charge in [-0.3, -0.25) is 9.59 Å². The van der Waals surface area contributed by atoms with Crippen LogP contribution in [-0.2, 0) is 4.79 Å². The number of hydrogen-bond acceptors (Lipinski definition) is 3. The van der Waals surface area contributed by atoms with E-state index in [1.807, 2.05) is 36.9 Å². The average Bonchev–Trinajstić information content (AvgIpc) is 2.67. The number of nitrogens with zero attached hydrogens (tertiary/aromatic N) is 1. The summed E-state index contributed by atoms with van der Waals surface area (Å²) in [7, 11) is 0. The molecule has 0 aliphatic carbocycles. The van der Waals surface area contributed by atoms with Gasteiger partial charge in [0.2, 0.25) is 5.91 Å². The highest BCUT2D eigenvalue weighted by Gasteiger charge is 2.21. The summed E-state index contributed by atoms with van der Waals surface area (Å²) in [4.78, 5) is 27.1. The molecule has 2 aromatic rings. The molecule has 1 saturated heterocycles.